The minimum Gasteiger partial charge on any atom is -0.354 e. The molecule has 2 heterocycles. The zero-order valence-corrected chi connectivity index (χ0v) is 18.0. The van der Waals surface area contributed by atoms with Crippen molar-refractivity contribution in [2.45, 2.75) is 38.1 Å². The highest BCUT2D eigenvalue weighted by Crippen LogP contribution is 2.35. The van der Waals surface area contributed by atoms with Gasteiger partial charge in [0, 0.05) is 45.5 Å². The maximum atomic E-state index is 12.7. The van der Waals surface area contributed by atoms with Crippen LogP contribution in [0.25, 0.3) is 0 Å². The molecule has 28 heavy (non-hydrogen) atoms. The predicted octanol–water partition coefficient (Wildman–Crippen LogP) is 1.15. The first kappa shape index (κ1) is 20.6. The van der Waals surface area contributed by atoms with E-state index in [0.717, 1.165) is 30.7 Å². The third-order valence-electron chi connectivity index (χ3n) is 6.33. The van der Waals surface area contributed by atoms with E-state index in [-0.39, 0.29) is 11.4 Å². The molecule has 1 aromatic rings. The lowest BCUT2D eigenvalue weighted by molar-refractivity contribution is -0.120. The number of carbonyl (C=O) groups excluding carboxylic acids is 1. The second kappa shape index (κ2) is 8.51. The number of hydrogen-bond donors (Lipinski definition) is 1. The van der Waals surface area contributed by atoms with Crippen molar-refractivity contribution in [2.75, 3.05) is 52.2 Å². The van der Waals surface area contributed by atoms with Crippen LogP contribution >= 0.6 is 0 Å². The van der Waals surface area contributed by atoms with Gasteiger partial charge >= 0.3 is 0 Å². The minimum absolute atomic E-state index is 0.0795. The Morgan fingerprint density at radius 3 is 2.79 bits per heavy atom. The quantitative estimate of drug-likeness (QED) is 0.618. The van der Waals surface area contributed by atoms with Crippen LogP contribution in [0.1, 0.15) is 32.6 Å². The summed E-state index contributed by atoms with van der Waals surface area (Å²) in [5.41, 5.74) is 1.01. The van der Waals surface area contributed by atoms with Crippen LogP contribution in [0.3, 0.4) is 0 Å². The molecule has 3 rings (SSSR count). The highest BCUT2D eigenvalue weighted by molar-refractivity contribution is 5.98. The lowest BCUT2D eigenvalue weighted by Gasteiger charge is -2.46. The Hall–Kier alpha value is -2.09. The van der Waals surface area contributed by atoms with Gasteiger partial charge in [-0.1, -0.05) is 19.8 Å². The highest BCUT2D eigenvalue weighted by atomic mass is 16.2. The number of nitrogens with one attached hydrogen (secondary N) is 1. The number of aromatic nitrogens is 2. The Bertz CT molecular complexity index is 713. The van der Waals surface area contributed by atoms with Crippen molar-refractivity contribution >= 4 is 17.6 Å². The molecule has 1 saturated carbocycles. The molecule has 1 saturated heterocycles. The van der Waals surface area contributed by atoms with Crippen LogP contribution in [-0.4, -0.2) is 84.3 Å². The van der Waals surface area contributed by atoms with Gasteiger partial charge in [-0.15, -0.1) is 0 Å². The Morgan fingerprint density at radius 2 is 2.21 bits per heavy atom. The van der Waals surface area contributed by atoms with E-state index in [4.69, 9.17) is 0 Å². The Kier molecular flexibility index (Phi) is 6.27. The lowest BCUT2D eigenvalue weighted by Crippen LogP contribution is -2.59. The minimum atomic E-state index is 0.0795. The second-order valence-corrected chi connectivity index (χ2v) is 8.56. The van der Waals surface area contributed by atoms with Gasteiger partial charge in [-0.05, 0) is 32.9 Å². The van der Waals surface area contributed by atoms with E-state index in [1.165, 1.54) is 25.7 Å². The van der Waals surface area contributed by atoms with Crippen LogP contribution < -0.4 is 10.2 Å². The molecule has 1 N–H and O–H groups in total. The summed E-state index contributed by atoms with van der Waals surface area (Å²) in [6.45, 7) is 4.93. The Morgan fingerprint density at radius 1 is 1.43 bits per heavy atom. The first-order valence-corrected chi connectivity index (χ1v) is 10.3. The standard InChI is InChI=1S/C20H35N7O/c1-16-7-6-8-20(11-16,24(3)4)15-22-19(21-2)26-9-10-27(18(28)14-26)17-12-23-25(5)13-17/h12-13,16H,6-11,14-15H2,1-5H3,(H,21,22). The third kappa shape index (κ3) is 4.32. The molecule has 8 heteroatoms. The molecule has 0 aromatic carbocycles. The van der Waals surface area contributed by atoms with Gasteiger partial charge in [-0.25, -0.2) is 0 Å². The van der Waals surface area contributed by atoms with Gasteiger partial charge in [0.1, 0.15) is 6.54 Å². The Balaban J connectivity index is 1.62. The van der Waals surface area contributed by atoms with Crippen molar-refractivity contribution in [1.82, 2.24) is 24.9 Å². The third-order valence-corrected chi connectivity index (χ3v) is 6.33. The molecular formula is C20H35N7O. The average Bonchev–Trinajstić information content (AvgIpc) is 3.08. The van der Waals surface area contributed by atoms with Crippen molar-refractivity contribution in [3.8, 4) is 0 Å². The lowest BCUT2D eigenvalue weighted by atomic mass is 9.75. The zero-order valence-electron chi connectivity index (χ0n) is 18.0. The van der Waals surface area contributed by atoms with Crippen molar-refractivity contribution in [2.24, 2.45) is 18.0 Å². The number of aliphatic imine (C=N–C) groups is 1. The number of nitrogens with zero attached hydrogens (tertiary/aromatic N) is 6. The van der Waals surface area contributed by atoms with E-state index in [2.05, 4.69) is 46.2 Å². The van der Waals surface area contributed by atoms with Crippen LogP contribution in [0.15, 0.2) is 17.4 Å². The monoisotopic (exact) mass is 389 g/mol. The predicted molar refractivity (Wildman–Crippen MR) is 113 cm³/mol. The first-order valence-electron chi connectivity index (χ1n) is 10.3. The fraction of sp³-hybridized carbons (Fsp3) is 0.750. The van der Waals surface area contributed by atoms with Crippen LogP contribution in [0.2, 0.25) is 0 Å². The summed E-state index contributed by atoms with van der Waals surface area (Å²) in [5, 5.41) is 7.75. The van der Waals surface area contributed by atoms with Crippen molar-refractivity contribution in [3.05, 3.63) is 12.4 Å². The molecule has 2 fully saturated rings. The smallest absolute Gasteiger partial charge is 0.246 e. The number of piperazine rings is 1. The Labute approximate surface area is 168 Å². The number of amides is 1. The number of hydrogen-bond acceptors (Lipinski definition) is 4. The molecule has 1 aliphatic carbocycles. The van der Waals surface area contributed by atoms with Crippen LogP contribution in [0.5, 0.6) is 0 Å². The summed E-state index contributed by atoms with van der Waals surface area (Å²) >= 11 is 0. The van der Waals surface area contributed by atoms with E-state index in [0.29, 0.717) is 13.1 Å². The van der Waals surface area contributed by atoms with Gasteiger partial charge in [0.15, 0.2) is 5.96 Å². The maximum absolute atomic E-state index is 12.7. The van der Waals surface area contributed by atoms with E-state index < -0.39 is 0 Å². The van der Waals surface area contributed by atoms with E-state index >= 15 is 0 Å². The van der Waals surface area contributed by atoms with Crippen LogP contribution in [-0.2, 0) is 11.8 Å². The molecule has 1 aromatic heterocycles. The molecule has 1 aliphatic heterocycles. The normalized spacial score (nSPS) is 26.9. The van der Waals surface area contributed by atoms with Gasteiger partial charge in [0.2, 0.25) is 5.91 Å². The van der Waals surface area contributed by atoms with Gasteiger partial charge in [0.25, 0.3) is 0 Å². The molecule has 156 valence electrons. The summed E-state index contributed by atoms with van der Waals surface area (Å²) in [6.07, 6.45) is 8.59. The highest BCUT2D eigenvalue weighted by Gasteiger charge is 2.37. The fourth-order valence-electron chi connectivity index (χ4n) is 4.61. The van der Waals surface area contributed by atoms with Gasteiger partial charge < -0.3 is 20.0 Å². The molecule has 1 amide bonds. The van der Waals surface area contributed by atoms with Gasteiger partial charge in [-0.2, -0.15) is 5.10 Å². The molecule has 2 atom stereocenters. The number of rotatable bonds is 4. The molecule has 0 bridgehead atoms. The zero-order chi connectivity index (χ0) is 20.3. The fourth-order valence-corrected chi connectivity index (χ4v) is 4.61. The van der Waals surface area contributed by atoms with E-state index in [1.807, 2.05) is 13.2 Å². The summed E-state index contributed by atoms with van der Waals surface area (Å²) in [6, 6.07) is 0. The molecule has 0 radical (unpaired) electrons. The molecule has 2 unspecified atom stereocenters. The average molecular weight is 390 g/mol. The number of anilines is 1. The molecule has 0 spiro atoms. The van der Waals surface area contributed by atoms with Gasteiger partial charge in [-0.3, -0.25) is 14.5 Å². The first-order chi connectivity index (χ1) is 13.3. The summed E-state index contributed by atoms with van der Waals surface area (Å²) in [7, 11) is 8.02. The molecule has 8 nitrogen and oxygen atoms in total. The summed E-state index contributed by atoms with van der Waals surface area (Å²) in [4.78, 5) is 23.4. The maximum Gasteiger partial charge on any atom is 0.246 e. The summed E-state index contributed by atoms with van der Waals surface area (Å²) < 4.78 is 1.72. The second-order valence-electron chi connectivity index (χ2n) is 8.56. The van der Waals surface area contributed by atoms with Gasteiger partial charge in [0.05, 0.1) is 11.9 Å². The van der Waals surface area contributed by atoms with Crippen LogP contribution in [0.4, 0.5) is 5.69 Å². The van der Waals surface area contributed by atoms with Crippen molar-refractivity contribution in [1.29, 1.82) is 0 Å². The SMILES string of the molecule is CN=C(NCC1(N(C)C)CCCC(C)C1)N1CCN(c2cnn(C)c2)C(=O)C1. The van der Waals surface area contributed by atoms with Crippen molar-refractivity contribution < 1.29 is 4.79 Å². The summed E-state index contributed by atoms with van der Waals surface area (Å²) in [5.74, 6) is 1.64. The number of likely N-dealkylation sites (N-methyl/N-ethyl adjacent to an activating group) is 1. The number of guanidine groups is 1. The van der Waals surface area contributed by atoms with Crippen molar-refractivity contribution in [3.63, 3.8) is 0 Å². The topological polar surface area (TPSA) is 69.0 Å². The molecular weight excluding hydrogens is 354 g/mol. The number of carbonyl (C=O) groups is 1. The largest absolute Gasteiger partial charge is 0.354 e. The van der Waals surface area contributed by atoms with E-state index in [9.17, 15) is 4.79 Å². The number of aryl methyl sites for hydroxylation is 1. The molecule has 2 aliphatic rings. The van der Waals surface area contributed by atoms with Crippen LogP contribution in [0, 0.1) is 5.92 Å². The van der Waals surface area contributed by atoms with E-state index in [1.54, 1.807) is 22.8 Å².